The van der Waals surface area contributed by atoms with Gasteiger partial charge in [-0.25, -0.2) is 0 Å². The Morgan fingerprint density at radius 3 is 2.59 bits per heavy atom. The third kappa shape index (κ3) is 1.91. The van der Waals surface area contributed by atoms with Gasteiger partial charge in [-0.2, -0.15) is 0 Å². The Bertz CT molecular complexity index is 444. The first-order valence-corrected chi connectivity index (χ1v) is 6.48. The van der Waals surface area contributed by atoms with Crippen molar-refractivity contribution in [2.45, 2.75) is 25.7 Å². The highest BCUT2D eigenvalue weighted by atomic mass is 16.1. The van der Waals surface area contributed by atoms with Gasteiger partial charge < -0.3 is 4.90 Å². The minimum absolute atomic E-state index is 0.262. The van der Waals surface area contributed by atoms with E-state index in [1.807, 2.05) is 12.1 Å². The molecule has 0 amide bonds. The fourth-order valence-electron chi connectivity index (χ4n) is 3.30. The van der Waals surface area contributed by atoms with E-state index in [0.717, 1.165) is 31.5 Å². The van der Waals surface area contributed by atoms with Crippen molar-refractivity contribution in [3.05, 3.63) is 35.4 Å². The maximum absolute atomic E-state index is 12.2. The Morgan fingerprint density at radius 1 is 1.12 bits per heavy atom. The molecular formula is C15H19NO. The van der Waals surface area contributed by atoms with Crippen LogP contribution in [0, 0.1) is 5.41 Å². The summed E-state index contributed by atoms with van der Waals surface area (Å²) in [5.74, 6) is 0.358. The first-order valence-electron chi connectivity index (χ1n) is 6.48. The minimum Gasteiger partial charge on any atom is -0.306 e. The number of hydrogen-bond donors (Lipinski definition) is 0. The molecular weight excluding hydrogens is 210 g/mol. The van der Waals surface area contributed by atoms with Crippen molar-refractivity contribution < 1.29 is 4.79 Å². The molecule has 0 N–H and O–H groups in total. The van der Waals surface area contributed by atoms with Crippen LogP contribution in [0.3, 0.4) is 0 Å². The lowest BCUT2D eigenvalue weighted by atomic mass is 9.66. The molecule has 1 heterocycles. The molecule has 0 aromatic heterocycles. The average molecular weight is 229 g/mol. The zero-order valence-electron chi connectivity index (χ0n) is 10.4. The number of piperidine rings is 1. The second-order valence-corrected chi connectivity index (χ2v) is 5.74. The number of Topliss-reactive ketones (excluding diaryl/α,β-unsaturated/α-hetero) is 1. The third-order valence-electron chi connectivity index (χ3n) is 4.47. The molecule has 2 nitrogen and oxygen atoms in total. The van der Waals surface area contributed by atoms with Gasteiger partial charge in [0.25, 0.3) is 0 Å². The van der Waals surface area contributed by atoms with Crippen LogP contribution in [0.1, 0.15) is 35.2 Å². The Hall–Kier alpha value is -1.15. The van der Waals surface area contributed by atoms with Crippen molar-refractivity contribution >= 4 is 5.78 Å². The zero-order valence-corrected chi connectivity index (χ0v) is 10.4. The summed E-state index contributed by atoms with van der Waals surface area (Å²) in [6.45, 7) is 2.27. The van der Waals surface area contributed by atoms with Crippen LogP contribution in [0.25, 0.3) is 0 Å². The summed E-state index contributed by atoms with van der Waals surface area (Å²) in [4.78, 5) is 14.6. The van der Waals surface area contributed by atoms with Crippen molar-refractivity contribution in [1.82, 2.24) is 4.90 Å². The number of likely N-dealkylation sites (tertiary alicyclic amines) is 1. The Balaban J connectivity index is 1.91. The van der Waals surface area contributed by atoms with E-state index in [0.29, 0.717) is 5.78 Å². The molecule has 0 bridgehead atoms. The summed E-state index contributed by atoms with van der Waals surface area (Å²) in [7, 11) is 2.17. The molecule has 17 heavy (non-hydrogen) atoms. The van der Waals surface area contributed by atoms with Crippen LogP contribution in [-0.2, 0) is 6.42 Å². The number of benzene rings is 1. The van der Waals surface area contributed by atoms with E-state index in [-0.39, 0.29) is 5.41 Å². The lowest BCUT2D eigenvalue weighted by Gasteiger charge is -2.43. The number of hydrogen-bond acceptors (Lipinski definition) is 2. The second kappa shape index (κ2) is 3.95. The van der Waals surface area contributed by atoms with E-state index in [2.05, 4.69) is 24.1 Å². The molecule has 2 heteroatoms. The van der Waals surface area contributed by atoms with Gasteiger partial charge in [0.05, 0.1) is 0 Å². The number of ketones is 1. The molecule has 1 spiro atoms. The van der Waals surface area contributed by atoms with Gasteiger partial charge in [0.15, 0.2) is 5.78 Å². The molecule has 1 aliphatic carbocycles. The highest BCUT2D eigenvalue weighted by molar-refractivity contribution is 5.99. The van der Waals surface area contributed by atoms with Gasteiger partial charge in [0.1, 0.15) is 0 Å². The predicted molar refractivity (Wildman–Crippen MR) is 68.3 cm³/mol. The maximum atomic E-state index is 12.2. The van der Waals surface area contributed by atoms with Gasteiger partial charge in [0, 0.05) is 12.0 Å². The first-order chi connectivity index (χ1) is 8.19. The van der Waals surface area contributed by atoms with E-state index in [9.17, 15) is 4.79 Å². The molecule has 0 saturated carbocycles. The van der Waals surface area contributed by atoms with Gasteiger partial charge in [-0.1, -0.05) is 24.3 Å². The summed E-state index contributed by atoms with van der Waals surface area (Å²) >= 11 is 0. The minimum atomic E-state index is 0.262. The molecule has 90 valence electrons. The number of nitrogens with zero attached hydrogens (tertiary/aromatic N) is 1. The van der Waals surface area contributed by atoms with E-state index in [1.165, 1.54) is 18.4 Å². The molecule has 1 saturated heterocycles. The summed E-state index contributed by atoms with van der Waals surface area (Å²) < 4.78 is 0. The maximum Gasteiger partial charge on any atom is 0.163 e. The van der Waals surface area contributed by atoms with E-state index in [1.54, 1.807) is 0 Å². The Morgan fingerprint density at radius 2 is 1.82 bits per heavy atom. The van der Waals surface area contributed by atoms with Crippen molar-refractivity contribution in [3.8, 4) is 0 Å². The van der Waals surface area contributed by atoms with Crippen molar-refractivity contribution in [1.29, 1.82) is 0 Å². The average Bonchev–Trinajstić information content (AvgIpc) is 2.34. The molecule has 2 aliphatic rings. The molecule has 0 atom stereocenters. The van der Waals surface area contributed by atoms with Crippen LogP contribution >= 0.6 is 0 Å². The largest absolute Gasteiger partial charge is 0.306 e. The van der Waals surface area contributed by atoms with Gasteiger partial charge in [-0.3, -0.25) is 4.79 Å². The SMILES string of the molecule is CN1CCC2(CC1)CC(=O)c1ccccc1C2. The van der Waals surface area contributed by atoms with Gasteiger partial charge >= 0.3 is 0 Å². The van der Waals surface area contributed by atoms with Crippen LogP contribution in [0.15, 0.2) is 24.3 Å². The van der Waals surface area contributed by atoms with Gasteiger partial charge in [-0.15, -0.1) is 0 Å². The van der Waals surface area contributed by atoms with Crippen LogP contribution in [0.5, 0.6) is 0 Å². The third-order valence-corrected chi connectivity index (χ3v) is 4.47. The quantitative estimate of drug-likeness (QED) is 0.681. The standard InChI is InChI=1S/C15H19NO/c1-16-8-6-15(7-9-16)10-12-4-2-3-5-13(12)14(17)11-15/h2-5H,6-11H2,1H3. The normalized spacial score (nSPS) is 23.7. The molecule has 0 unspecified atom stereocenters. The summed E-state index contributed by atoms with van der Waals surface area (Å²) in [6, 6.07) is 8.15. The summed E-state index contributed by atoms with van der Waals surface area (Å²) in [5.41, 5.74) is 2.50. The zero-order chi connectivity index (χ0) is 11.9. The first kappa shape index (κ1) is 11.0. The number of carbonyl (C=O) groups is 1. The molecule has 1 aromatic rings. The number of carbonyl (C=O) groups excluding carboxylic acids is 1. The van der Waals surface area contributed by atoms with E-state index in [4.69, 9.17) is 0 Å². The van der Waals surface area contributed by atoms with Crippen LogP contribution in [0.4, 0.5) is 0 Å². The summed E-state index contributed by atoms with van der Waals surface area (Å²) in [6.07, 6.45) is 4.20. The van der Waals surface area contributed by atoms with Gasteiger partial charge in [0.2, 0.25) is 0 Å². The molecule has 1 aromatic carbocycles. The Kier molecular flexibility index (Phi) is 2.55. The van der Waals surface area contributed by atoms with E-state index < -0.39 is 0 Å². The van der Waals surface area contributed by atoms with Crippen molar-refractivity contribution in [3.63, 3.8) is 0 Å². The second-order valence-electron chi connectivity index (χ2n) is 5.74. The molecule has 0 radical (unpaired) electrons. The fraction of sp³-hybridized carbons (Fsp3) is 0.533. The smallest absolute Gasteiger partial charge is 0.163 e. The highest BCUT2D eigenvalue weighted by Crippen LogP contribution is 2.43. The number of rotatable bonds is 0. The number of fused-ring (bicyclic) bond motifs is 1. The van der Waals surface area contributed by atoms with E-state index >= 15 is 0 Å². The Labute approximate surface area is 103 Å². The fourth-order valence-corrected chi connectivity index (χ4v) is 3.30. The lowest BCUT2D eigenvalue weighted by molar-refractivity contribution is 0.0729. The monoisotopic (exact) mass is 229 g/mol. The van der Waals surface area contributed by atoms with Crippen LogP contribution in [0.2, 0.25) is 0 Å². The highest BCUT2D eigenvalue weighted by Gasteiger charge is 2.39. The summed E-state index contributed by atoms with van der Waals surface area (Å²) in [5, 5.41) is 0. The van der Waals surface area contributed by atoms with Crippen molar-refractivity contribution in [2.24, 2.45) is 5.41 Å². The predicted octanol–water partition coefficient (Wildman–Crippen LogP) is 2.53. The topological polar surface area (TPSA) is 20.3 Å². The molecule has 3 rings (SSSR count). The van der Waals surface area contributed by atoms with Crippen LogP contribution in [-0.4, -0.2) is 30.8 Å². The van der Waals surface area contributed by atoms with Crippen LogP contribution < -0.4 is 0 Å². The molecule has 1 fully saturated rings. The molecule has 1 aliphatic heterocycles. The van der Waals surface area contributed by atoms with Gasteiger partial charge in [-0.05, 0) is 50.4 Å². The van der Waals surface area contributed by atoms with Crippen molar-refractivity contribution in [2.75, 3.05) is 20.1 Å². The lowest BCUT2D eigenvalue weighted by Crippen LogP contribution is -2.42.